The zero-order valence-electron chi connectivity index (χ0n) is 14.9. The average molecular weight is 436 g/mol. The molecule has 0 fully saturated rings. The van der Waals surface area contributed by atoms with E-state index in [4.69, 9.17) is 10.3 Å². The maximum Gasteiger partial charge on any atom is 0.188 e. The summed E-state index contributed by atoms with van der Waals surface area (Å²) < 4.78 is 5.33. The van der Waals surface area contributed by atoms with Crippen molar-refractivity contribution in [1.82, 2.24) is 10.5 Å². The summed E-state index contributed by atoms with van der Waals surface area (Å²) in [7, 11) is 0. The number of hydrogen-bond acceptors (Lipinski definition) is 3. The Bertz CT molecular complexity index is 424. The Hall–Kier alpha value is -0.790. The lowest BCUT2D eigenvalue weighted by Crippen LogP contribution is -2.32. The fourth-order valence-electron chi connectivity index (χ4n) is 2.46. The number of aliphatic imine (C=N–C) groups is 1. The summed E-state index contributed by atoms with van der Waals surface area (Å²) in [5.74, 6) is 1.43. The molecule has 0 aliphatic rings. The van der Waals surface area contributed by atoms with Gasteiger partial charge in [0.15, 0.2) is 5.96 Å². The molecule has 23 heavy (non-hydrogen) atoms. The minimum atomic E-state index is 0. The van der Waals surface area contributed by atoms with Crippen LogP contribution in [0.2, 0.25) is 0 Å². The third-order valence-electron chi connectivity index (χ3n) is 3.85. The van der Waals surface area contributed by atoms with Crippen molar-refractivity contribution in [3.8, 4) is 0 Å². The summed E-state index contributed by atoms with van der Waals surface area (Å²) in [6.45, 7) is 7.82. The van der Waals surface area contributed by atoms with Gasteiger partial charge in [-0.1, -0.05) is 58.0 Å². The molecule has 0 spiro atoms. The summed E-state index contributed by atoms with van der Waals surface area (Å²) in [5.41, 5.74) is 8.01. The molecule has 0 saturated carbocycles. The van der Waals surface area contributed by atoms with E-state index in [1.807, 2.05) is 0 Å². The first-order chi connectivity index (χ1) is 10.7. The Labute approximate surface area is 157 Å². The van der Waals surface area contributed by atoms with Gasteiger partial charge in [-0.3, -0.25) is 0 Å². The highest BCUT2D eigenvalue weighted by atomic mass is 127. The van der Waals surface area contributed by atoms with Crippen LogP contribution in [0.3, 0.4) is 0 Å². The summed E-state index contributed by atoms with van der Waals surface area (Å²) in [5, 5.41) is 7.28. The van der Waals surface area contributed by atoms with Crippen molar-refractivity contribution in [1.29, 1.82) is 0 Å². The van der Waals surface area contributed by atoms with E-state index >= 15 is 0 Å². The largest absolute Gasteiger partial charge is 0.370 e. The van der Waals surface area contributed by atoms with Crippen LogP contribution in [0.25, 0.3) is 0 Å². The maximum atomic E-state index is 5.92. The van der Waals surface area contributed by atoms with E-state index in [2.05, 4.69) is 36.2 Å². The molecule has 1 aromatic heterocycles. The van der Waals surface area contributed by atoms with Gasteiger partial charge in [0.1, 0.15) is 5.76 Å². The van der Waals surface area contributed by atoms with E-state index < -0.39 is 0 Å². The number of hydrogen-bond donors (Lipinski definition) is 2. The van der Waals surface area contributed by atoms with Gasteiger partial charge in [-0.15, -0.1) is 24.0 Å². The zero-order chi connectivity index (χ0) is 16.2. The summed E-state index contributed by atoms with van der Waals surface area (Å²) in [4.78, 5) is 4.41. The van der Waals surface area contributed by atoms with Crippen LogP contribution in [0, 0.1) is 0 Å². The Balaban J connectivity index is 0.00000484. The number of nitrogens with zero attached hydrogens (tertiary/aromatic N) is 2. The smallest absolute Gasteiger partial charge is 0.188 e. The molecule has 0 saturated heterocycles. The first-order valence-electron chi connectivity index (χ1n) is 8.72. The number of halogens is 1. The Morgan fingerprint density at radius 1 is 1.09 bits per heavy atom. The van der Waals surface area contributed by atoms with E-state index in [1.165, 1.54) is 32.1 Å². The lowest BCUT2D eigenvalue weighted by atomic mass is 10.1. The average Bonchev–Trinajstić information content (AvgIpc) is 2.94. The Kier molecular flexibility index (Phi) is 13.2. The van der Waals surface area contributed by atoms with Crippen molar-refractivity contribution in [2.45, 2.75) is 78.7 Å². The normalized spacial score (nSPS) is 11.3. The molecule has 0 aromatic carbocycles. The molecular formula is C17H33IN4O. The van der Waals surface area contributed by atoms with E-state index in [-0.39, 0.29) is 24.0 Å². The SMILES string of the molecule is CCCCCCCCNC(N)=NCc1c(CC)noc1CC.I. The topological polar surface area (TPSA) is 76.4 Å². The molecule has 1 rings (SSSR count). The second kappa shape index (κ2) is 13.6. The quantitative estimate of drug-likeness (QED) is 0.236. The minimum absolute atomic E-state index is 0. The second-order valence-electron chi connectivity index (χ2n) is 5.63. The van der Waals surface area contributed by atoms with E-state index in [0.717, 1.165) is 42.8 Å². The van der Waals surface area contributed by atoms with E-state index in [1.54, 1.807) is 0 Å². The first-order valence-corrected chi connectivity index (χ1v) is 8.72. The van der Waals surface area contributed by atoms with Gasteiger partial charge < -0.3 is 15.6 Å². The van der Waals surface area contributed by atoms with Crippen LogP contribution in [0.15, 0.2) is 9.52 Å². The van der Waals surface area contributed by atoms with Crippen LogP contribution in [0.1, 0.15) is 76.3 Å². The molecule has 0 aliphatic heterocycles. The van der Waals surface area contributed by atoms with Crippen molar-refractivity contribution >= 4 is 29.9 Å². The number of aryl methyl sites for hydroxylation is 2. The van der Waals surface area contributed by atoms with Crippen molar-refractivity contribution in [2.24, 2.45) is 10.7 Å². The lowest BCUT2D eigenvalue weighted by molar-refractivity contribution is 0.380. The van der Waals surface area contributed by atoms with Crippen LogP contribution < -0.4 is 11.1 Å². The molecule has 134 valence electrons. The highest BCUT2D eigenvalue weighted by Gasteiger charge is 2.12. The minimum Gasteiger partial charge on any atom is -0.370 e. The Morgan fingerprint density at radius 2 is 1.78 bits per heavy atom. The van der Waals surface area contributed by atoms with Crippen molar-refractivity contribution in [2.75, 3.05) is 6.54 Å². The fraction of sp³-hybridized carbons (Fsp3) is 0.765. The molecular weight excluding hydrogens is 403 g/mol. The van der Waals surface area contributed by atoms with Gasteiger partial charge >= 0.3 is 0 Å². The molecule has 1 aromatic rings. The number of rotatable bonds is 11. The van der Waals surface area contributed by atoms with E-state index in [0.29, 0.717) is 12.5 Å². The number of unbranched alkanes of at least 4 members (excludes halogenated alkanes) is 5. The van der Waals surface area contributed by atoms with Crippen LogP contribution in [-0.2, 0) is 19.4 Å². The molecule has 5 nitrogen and oxygen atoms in total. The molecule has 3 N–H and O–H groups in total. The molecule has 0 aliphatic carbocycles. The predicted octanol–water partition coefficient (Wildman–Crippen LogP) is 4.18. The Morgan fingerprint density at radius 3 is 2.43 bits per heavy atom. The molecule has 6 heteroatoms. The van der Waals surface area contributed by atoms with Gasteiger partial charge in [0, 0.05) is 18.5 Å². The van der Waals surface area contributed by atoms with Gasteiger partial charge in [-0.05, 0) is 12.8 Å². The third-order valence-corrected chi connectivity index (χ3v) is 3.85. The third kappa shape index (κ3) is 8.58. The lowest BCUT2D eigenvalue weighted by Gasteiger charge is -2.06. The second-order valence-corrected chi connectivity index (χ2v) is 5.63. The number of guanidine groups is 1. The van der Waals surface area contributed by atoms with Crippen LogP contribution in [-0.4, -0.2) is 17.7 Å². The summed E-state index contributed by atoms with van der Waals surface area (Å²) in [6, 6.07) is 0. The molecule has 0 amide bonds. The highest BCUT2D eigenvalue weighted by Crippen LogP contribution is 2.16. The molecule has 0 bridgehead atoms. The standard InChI is InChI=1S/C17H32N4O.HI/c1-4-7-8-9-10-11-12-19-17(18)20-13-14-15(5-2)21-22-16(14)6-3;/h4-13H2,1-3H3,(H3,18,19,20);1H. The van der Waals surface area contributed by atoms with E-state index in [9.17, 15) is 0 Å². The molecule has 0 radical (unpaired) electrons. The van der Waals surface area contributed by atoms with Crippen molar-refractivity contribution < 1.29 is 4.52 Å². The van der Waals surface area contributed by atoms with Gasteiger partial charge in [0.25, 0.3) is 0 Å². The zero-order valence-corrected chi connectivity index (χ0v) is 17.2. The first kappa shape index (κ1) is 22.2. The number of nitrogens with one attached hydrogen (secondary N) is 1. The maximum absolute atomic E-state index is 5.92. The van der Waals surface area contributed by atoms with Crippen molar-refractivity contribution in [3.05, 3.63) is 17.0 Å². The van der Waals surface area contributed by atoms with Crippen molar-refractivity contribution in [3.63, 3.8) is 0 Å². The van der Waals surface area contributed by atoms with Crippen LogP contribution >= 0.6 is 24.0 Å². The number of aromatic nitrogens is 1. The molecule has 0 atom stereocenters. The monoisotopic (exact) mass is 436 g/mol. The highest BCUT2D eigenvalue weighted by molar-refractivity contribution is 14.0. The predicted molar refractivity (Wildman–Crippen MR) is 107 cm³/mol. The van der Waals surface area contributed by atoms with Gasteiger partial charge in [-0.2, -0.15) is 0 Å². The van der Waals surface area contributed by atoms with Gasteiger partial charge in [0.2, 0.25) is 0 Å². The number of nitrogens with two attached hydrogens (primary N) is 1. The summed E-state index contributed by atoms with van der Waals surface area (Å²) >= 11 is 0. The molecule has 0 unspecified atom stereocenters. The van der Waals surface area contributed by atoms with Gasteiger partial charge in [0.05, 0.1) is 12.2 Å². The van der Waals surface area contributed by atoms with Crippen LogP contribution in [0.4, 0.5) is 0 Å². The fourth-order valence-corrected chi connectivity index (χ4v) is 2.46. The van der Waals surface area contributed by atoms with Gasteiger partial charge in [-0.25, -0.2) is 4.99 Å². The van der Waals surface area contributed by atoms with Crippen LogP contribution in [0.5, 0.6) is 0 Å². The summed E-state index contributed by atoms with van der Waals surface area (Å²) in [6.07, 6.45) is 9.39. The molecule has 1 heterocycles.